The SMILES string of the molecule is CC(=O)c1ccc(OCCC(C)N2CCCCC2)cc1. The highest BCUT2D eigenvalue weighted by atomic mass is 16.5. The zero-order chi connectivity index (χ0) is 14.4. The van der Waals surface area contributed by atoms with Gasteiger partial charge in [-0.15, -0.1) is 0 Å². The third-order valence-electron chi connectivity index (χ3n) is 4.08. The molecular weight excluding hydrogens is 250 g/mol. The van der Waals surface area contributed by atoms with E-state index in [9.17, 15) is 4.79 Å². The number of hydrogen-bond acceptors (Lipinski definition) is 3. The van der Waals surface area contributed by atoms with Gasteiger partial charge in [-0.05, 0) is 70.5 Å². The van der Waals surface area contributed by atoms with Crippen LogP contribution in [-0.2, 0) is 0 Å². The number of Topliss-reactive ketones (excluding diaryl/α,β-unsaturated/α-hetero) is 1. The van der Waals surface area contributed by atoms with Crippen molar-refractivity contribution in [1.82, 2.24) is 4.90 Å². The Labute approximate surface area is 121 Å². The predicted molar refractivity (Wildman–Crippen MR) is 81.4 cm³/mol. The van der Waals surface area contributed by atoms with Crippen molar-refractivity contribution >= 4 is 5.78 Å². The monoisotopic (exact) mass is 275 g/mol. The van der Waals surface area contributed by atoms with E-state index in [2.05, 4.69) is 11.8 Å². The minimum Gasteiger partial charge on any atom is -0.494 e. The molecule has 0 aliphatic carbocycles. The fourth-order valence-corrected chi connectivity index (χ4v) is 2.67. The van der Waals surface area contributed by atoms with Crippen LogP contribution in [0.5, 0.6) is 5.75 Å². The molecule has 1 aromatic rings. The normalized spacial score (nSPS) is 17.7. The average Bonchev–Trinajstić information content (AvgIpc) is 2.48. The summed E-state index contributed by atoms with van der Waals surface area (Å²) in [5.41, 5.74) is 0.735. The largest absolute Gasteiger partial charge is 0.494 e. The first-order valence-corrected chi connectivity index (χ1v) is 7.64. The van der Waals surface area contributed by atoms with E-state index in [1.807, 2.05) is 24.3 Å². The topological polar surface area (TPSA) is 29.5 Å². The standard InChI is InChI=1S/C17H25NO2/c1-14(18-11-4-3-5-12-18)10-13-20-17-8-6-16(7-9-17)15(2)19/h6-9,14H,3-5,10-13H2,1-2H3. The lowest BCUT2D eigenvalue weighted by Gasteiger charge is -2.32. The maximum atomic E-state index is 11.2. The third kappa shape index (κ3) is 4.34. The van der Waals surface area contributed by atoms with E-state index in [-0.39, 0.29) is 5.78 Å². The van der Waals surface area contributed by atoms with Gasteiger partial charge in [0.1, 0.15) is 5.75 Å². The van der Waals surface area contributed by atoms with E-state index in [0.717, 1.165) is 24.3 Å². The Morgan fingerprint density at radius 2 is 1.85 bits per heavy atom. The number of piperidine rings is 1. The van der Waals surface area contributed by atoms with Gasteiger partial charge in [0.05, 0.1) is 6.61 Å². The van der Waals surface area contributed by atoms with Gasteiger partial charge in [-0.25, -0.2) is 0 Å². The number of ketones is 1. The molecule has 1 fully saturated rings. The highest BCUT2D eigenvalue weighted by molar-refractivity contribution is 5.94. The van der Waals surface area contributed by atoms with Gasteiger partial charge in [-0.2, -0.15) is 0 Å². The molecule has 0 bridgehead atoms. The zero-order valence-corrected chi connectivity index (χ0v) is 12.6. The van der Waals surface area contributed by atoms with Crippen LogP contribution in [0.25, 0.3) is 0 Å². The lowest BCUT2D eigenvalue weighted by atomic mass is 10.1. The summed E-state index contributed by atoms with van der Waals surface area (Å²) < 4.78 is 5.76. The van der Waals surface area contributed by atoms with Crippen LogP contribution in [0.15, 0.2) is 24.3 Å². The van der Waals surface area contributed by atoms with Crippen molar-refractivity contribution in [2.24, 2.45) is 0 Å². The van der Waals surface area contributed by atoms with Crippen molar-refractivity contribution in [3.8, 4) is 5.75 Å². The molecule has 0 saturated carbocycles. The summed E-state index contributed by atoms with van der Waals surface area (Å²) in [6.45, 7) is 7.06. The molecule has 1 aromatic carbocycles. The van der Waals surface area contributed by atoms with Crippen LogP contribution >= 0.6 is 0 Å². The van der Waals surface area contributed by atoms with Crippen molar-refractivity contribution in [2.45, 2.75) is 45.6 Å². The predicted octanol–water partition coefficient (Wildman–Crippen LogP) is 3.53. The Morgan fingerprint density at radius 3 is 2.45 bits per heavy atom. The summed E-state index contributed by atoms with van der Waals surface area (Å²) in [7, 11) is 0. The second-order valence-electron chi connectivity index (χ2n) is 5.66. The number of ether oxygens (including phenoxy) is 1. The molecule has 0 radical (unpaired) electrons. The molecule has 1 aliphatic heterocycles. The highest BCUT2D eigenvalue weighted by Crippen LogP contribution is 2.16. The van der Waals surface area contributed by atoms with E-state index in [1.165, 1.54) is 32.4 Å². The van der Waals surface area contributed by atoms with E-state index in [1.54, 1.807) is 6.92 Å². The lowest BCUT2D eigenvalue weighted by Crippen LogP contribution is -2.38. The van der Waals surface area contributed by atoms with Crippen LogP contribution < -0.4 is 4.74 Å². The Bertz CT molecular complexity index is 421. The Morgan fingerprint density at radius 1 is 1.20 bits per heavy atom. The first kappa shape index (κ1) is 15.0. The van der Waals surface area contributed by atoms with Gasteiger partial charge < -0.3 is 9.64 Å². The molecule has 1 atom stereocenters. The molecule has 2 rings (SSSR count). The van der Waals surface area contributed by atoms with E-state index in [0.29, 0.717) is 6.04 Å². The first-order valence-electron chi connectivity index (χ1n) is 7.64. The smallest absolute Gasteiger partial charge is 0.159 e. The van der Waals surface area contributed by atoms with Crippen molar-refractivity contribution in [2.75, 3.05) is 19.7 Å². The molecular formula is C17H25NO2. The molecule has 0 aromatic heterocycles. The lowest BCUT2D eigenvalue weighted by molar-refractivity contribution is 0.101. The van der Waals surface area contributed by atoms with E-state index in [4.69, 9.17) is 4.74 Å². The second kappa shape index (κ2) is 7.44. The molecule has 110 valence electrons. The third-order valence-corrected chi connectivity index (χ3v) is 4.08. The summed E-state index contributed by atoms with van der Waals surface area (Å²) in [5.74, 6) is 0.941. The molecule has 1 heterocycles. The molecule has 1 saturated heterocycles. The van der Waals surface area contributed by atoms with Crippen LogP contribution in [0.4, 0.5) is 0 Å². The van der Waals surface area contributed by atoms with Gasteiger partial charge in [0.25, 0.3) is 0 Å². The summed E-state index contributed by atoms with van der Waals surface area (Å²) >= 11 is 0. The molecule has 20 heavy (non-hydrogen) atoms. The van der Waals surface area contributed by atoms with Crippen LogP contribution in [0.2, 0.25) is 0 Å². The minimum atomic E-state index is 0.0928. The van der Waals surface area contributed by atoms with Crippen LogP contribution in [-0.4, -0.2) is 36.4 Å². The van der Waals surface area contributed by atoms with E-state index < -0.39 is 0 Å². The number of carbonyl (C=O) groups excluding carboxylic acids is 1. The van der Waals surface area contributed by atoms with Gasteiger partial charge in [-0.3, -0.25) is 4.79 Å². The number of benzene rings is 1. The second-order valence-corrected chi connectivity index (χ2v) is 5.66. The number of carbonyl (C=O) groups is 1. The van der Waals surface area contributed by atoms with Gasteiger partial charge >= 0.3 is 0 Å². The minimum absolute atomic E-state index is 0.0928. The van der Waals surface area contributed by atoms with Gasteiger partial charge in [0.2, 0.25) is 0 Å². The average molecular weight is 275 g/mol. The van der Waals surface area contributed by atoms with Gasteiger partial charge in [0, 0.05) is 11.6 Å². The maximum absolute atomic E-state index is 11.2. The highest BCUT2D eigenvalue weighted by Gasteiger charge is 2.16. The zero-order valence-electron chi connectivity index (χ0n) is 12.6. The van der Waals surface area contributed by atoms with Crippen molar-refractivity contribution in [1.29, 1.82) is 0 Å². The summed E-state index contributed by atoms with van der Waals surface area (Å²) in [5, 5.41) is 0. The molecule has 1 aliphatic rings. The molecule has 3 nitrogen and oxygen atoms in total. The van der Waals surface area contributed by atoms with Crippen LogP contribution in [0.3, 0.4) is 0 Å². The summed E-state index contributed by atoms with van der Waals surface area (Å²) in [6, 6.07) is 7.99. The van der Waals surface area contributed by atoms with Crippen LogP contribution in [0.1, 0.15) is 49.9 Å². The maximum Gasteiger partial charge on any atom is 0.159 e. The summed E-state index contributed by atoms with van der Waals surface area (Å²) in [6.07, 6.45) is 5.09. The molecule has 0 N–H and O–H groups in total. The first-order chi connectivity index (χ1) is 9.66. The number of nitrogens with zero attached hydrogens (tertiary/aromatic N) is 1. The number of likely N-dealkylation sites (tertiary alicyclic amines) is 1. The van der Waals surface area contributed by atoms with Gasteiger partial charge in [-0.1, -0.05) is 6.42 Å². The van der Waals surface area contributed by atoms with Crippen molar-refractivity contribution in [3.63, 3.8) is 0 Å². The Kier molecular flexibility index (Phi) is 5.60. The quantitative estimate of drug-likeness (QED) is 0.744. The Balaban J connectivity index is 1.73. The Hall–Kier alpha value is -1.35. The van der Waals surface area contributed by atoms with Crippen molar-refractivity contribution in [3.05, 3.63) is 29.8 Å². The number of hydrogen-bond donors (Lipinski definition) is 0. The molecule has 0 spiro atoms. The molecule has 3 heteroatoms. The fourth-order valence-electron chi connectivity index (χ4n) is 2.67. The van der Waals surface area contributed by atoms with Crippen LogP contribution in [0, 0.1) is 0 Å². The number of rotatable bonds is 6. The molecule has 0 amide bonds. The fraction of sp³-hybridized carbons (Fsp3) is 0.588. The summed E-state index contributed by atoms with van der Waals surface area (Å²) in [4.78, 5) is 13.7. The van der Waals surface area contributed by atoms with Crippen molar-refractivity contribution < 1.29 is 9.53 Å². The van der Waals surface area contributed by atoms with E-state index >= 15 is 0 Å². The molecule has 1 unspecified atom stereocenters. The van der Waals surface area contributed by atoms with Gasteiger partial charge in [0.15, 0.2) is 5.78 Å².